The molecular formula is C8H18BrN3O2S. The molecule has 0 bridgehead atoms. The molecule has 0 aromatic carbocycles. The van der Waals surface area contributed by atoms with E-state index in [4.69, 9.17) is 0 Å². The van der Waals surface area contributed by atoms with Crippen molar-refractivity contribution in [3.05, 3.63) is 0 Å². The lowest BCUT2D eigenvalue weighted by atomic mass is 10.4. The van der Waals surface area contributed by atoms with Crippen molar-refractivity contribution in [1.29, 1.82) is 0 Å². The van der Waals surface area contributed by atoms with E-state index in [9.17, 15) is 8.42 Å². The quantitative estimate of drug-likeness (QED) is 0.676. The molecule has 0 aromatic heterocycles. The van der Waals surface area contributed by atoms with Gasteiger partial charge in [-0.2, -0.15) is 17.0 Å². The Morgan fingerprint density at radius 2 is 1.73 bits per heavy atom. The van der Waals surface area contributed by atoms with E-state index in [-0.39, 0.29) is 0 Å². The number of alkyl halides is 1. The molecule has 0 saturated carbocycles. The molecule has 1 aliphatic rings. The molecule has 1 aliphatic heterocycles. The summed E-state index contributed by atoms with van der Waals surface area (Å²) in [6.07, 6.45) is 0. The predicted octanol–water partition coefficient (Wildman–Crippen LogP) is -0.195. The van der Waals surface area contributed by atoms with Gasteiger partial charge in [-0.05, 0) is 0 Å². The zero-order valence-electron chi connectivity index (χ0n) is 9.19. The van der Waals surface area contributed by atoms with E-state index in [0.717, 1.165) is 25.0 Å². The van der Waals surface area contributed by atoms with Gasteiger partial charge in [0.1, 0.15) is 0 Å². The van der Waals surface area contributed by atoms with E-state index in [1.165, 1.54) is 8.61 Å². The van der Waals surface area contributed by atoms with Crippen molar-refractivity contribution < 1.29 is 8.42 Å². The van der Waals surface area contributed by atoms with Crippen LogP contribution in [0.3, 0.4) is 0 Å². The summed E-state index contributed by atoms with van der Waals surface area (Å²) >= 11 is 3.38. The van der Waals surface area contributed by atoms with Crippen molar-refractivity contribution in [3.8, 4) is 0 Å². The Balaban J connectivity index is 2.51. The standard InChI is InChI=1S/C8H18BrN3O2S/c1-10(2)15(13,14)12-7-5-11(4-3-9)6-8-12/h3-8H2,1-2H3. The second kappa shape index (κ2) is 5.58. The van der Waals surface area contributed by atoms with Gasteiger partial charge in [-0.3, -0.25) is 4.90 Å². The Morgan fingerprint density at radius 3 is 2.13 bits per heavy atom. The Morgan fingerprint density at radius 1 is 1.20 bits per heavy atom. The minimum atomic E-state index is -3.21. The van der Waals surface area contributed by atoms with Crippen LogP contribution in [0.15, 0.2) is 0 Å². The van der Waals surface area contributed by atoms with Crippen molar-refractivity contribution in [1.82, 2.24) is 13.5 Å². The molecule has 0 spiro atoms. The third-order valence-electron chi connectivity index (χ3n) is 2.52. The maximum absolute atomic E-state index is 11.8. The number of piperazine rings is 1. The minimum absolute atomic E-state index is 0.591. The summed E-state index contributed by atoms with van der Waals surface area (Å²) < 4.78 is 26.4. The largest absolute Gasteiger partial charge is 0.300 e. The van der Waals surface area contributed by atoms with Crippen LogP contribution in [-0.2, 0) is 10.2 Å². The lowest BCUT2D eigenvalue weighted by Gasteiger charge is -2.34. The summed E-state index contributed by atoms with van der Waals surface area (Å²) in [6.45, 7) is 3.80. The first kappa shape index (κ1) is 13.4. The molecule has 1 heterocycles. The molecule has 1 fully saturated rings. The Labute approximate surface area is 100 Å². The maximum atomic E-state index is 11.8. The average Bonchev–Trinajstić information content (AvgIpc) is 2.19. The van der Waals surface area contributed by atoms with Gasteiger partial charge in [-0.1, -0.05) is 15.9 Å². The van der Waals surface area contributed by atoms with Crippen LogP contribution in [-0.4, -0.2) is 74.1 Å². The number of nitrogens with zero attached hydrogens (tertiary/aromatic N) is 3. The van der Waals surface area contributed by atoms with Crippen LogP contribution in [0.1, 0.15) is 0 Å². The molecule has 0 radical (unpaired) electrons. The van der Waals surface area contributed by atoms with Crippen molar-refractivity contribution in [2.45, 2.75) is 0 Å². The molecule has 1 rings (SSSR count). The minimum Gasteiger partial charge on any atom is -0.300 e. The van der Waals surface area contributed by atoms with Crippen LogP contribution in [0, 0.1) is 0 Å². The van der Waals surface area contributed by atoms with Gasteiger partial charge < -0.3 is 0 Å². The summed E-state index contributed by atoms with van der Waals surface area (Å²) in [5.41, 5.74) is 0. The molecule has 0 amide bonds. The van der Waals surface area contributed by atoms with Crippen LogP contribution in [0.5, 0.6) is 0 Å². The number of halogens is 1. The number of hydrogen-bond donors (Lipinski definition) is 0. The van der Waals surface area contributed by atoms with Gasteiger partial charge in [0.15, 0.2) is 0 Å². The van der Waals surface area contributed by atoms with Crippen molar-refractivity contribution in [3.63, 3.8) is 0 Å². The van der Waals surface area contributed by atoms with Gasteiger partial charge in [0.2, 0.25) is 0 Å². The van der Waals surface area contributed by atoms with E-state index in [1.807, 2.05) is 0 Å². The lowest BCUT2D eigenvalue weighted by Crippen LogP contribution is -2.51. The van der Waals surface area contributed by atoms with Crippen LogP contribution >= 0.6 is 15.9 Å². The van der Waals surface area contributed by atoms with Crippen LogP contribution in [0.4, 0.5) is 0 Å². The van der Waals surface area contributed by atoms with E-state index in [0.29, 0.717) is 13.1 Å². The summed E-state index contributed by atoms with van der Waals surface area (Å²) in [6, 6.07) is 0. The molecule has 90 valence electrons. The molecule has 0 atom stereocenters. The lowest BCUT2D eigenvalue weighted by molar-refractivity contribution is 0.193. The molecule has 7 heteroatoms. The SMILES string of the molecule is CN(C)S(=O)(=O)N1CCN(CCBr)CC1. The zero-order chi connectivity index (χ0) is 11.5. The molecule has 0 aliphatic carbocycles. The second-order valence-corrected chi connectivity index (χ2v) is 6.66. The zero-order valence-corrected chi connectivity index (χ0v) is 11.6. The third kappa shape index (κ3) is 3.39. The first-order valence-electron chi connectivity index (χ1n) is 4.94. The highest BCUT2D eigenvalue weighted by molar-refractivity contribution is 9.09. The van der Waals surface area contributed by atoms with Gasteiger partial charge in [0, 0.05) is 52.1 Å². The number of rotatable bonds is 4. The fourth-order valence-corrected chi connectivity index (χ4v) is 3.12. The van der Waals surface area contributed by atoms with Crippen molar-refractivity contribution >= 4 is 26.1 Å². The Hall–Kier alpha value is 0.310. The third-order valence-corrected chi connectivity index (χ3v) is 4.81. The summed E-state index contributed by atoms with van der Waals surface area (Å²) in [5.74, 6) is 0. The molecule has 15 heavy (non-hydrogen) atoms. The first-order valence-corrected chi connectivity index (χ1v) is 7.46. The molecule has 1 saturated heterocycles. The highest BCUT2D eigenvalue weighted by Gasteiger charge is 2.27. The number of hydrogen-bond acceptors (Lipinski definition) is 3. The monoisotopic (exact) mass is 299 g/mol. The summed E-state index contributed by atoms with van der Waals surface area (Å²) in [5, 5.41) is 0.938. The van der Waals surface area contributed by atoms with Gasteiger partial charge in [0.05, 0.1) is 0 Å². The van der Waals surface area contributed by atoms with Crippen LogP contribution < -0.4 is 0 Å². The Kier molecular flexibility index (Phi) is 4.98. The smallest absolute Gasteiger partial charge is 0.281 e. The molecule has 5 nitrogen and oxygen atoms in total. The molecule has 0 unspecified atom stereocenters. The van der Waals surface area contributed by atoms with Crippen molar-refractivity contribution in [2.24, 2.45) is 0 Å². The molecule has 0 aromatic rings. The topological polar surface area (TPSA) is 43.9 Å². The van der Waals surface area contributed by atoms with Crippen LogP contribution in [0.2, 0.25) is 0 Å². The Bertz CT molecular complexity index is 286. The highest BCUT2D eigenvalue weighted by Crippen LogP contribution is 2.09. The van der Waals surface area contributed by atoms with E-state index in [2.05, 4.69) is 20.8 Å². The summed E-state index contributed by atoms with van der Waals surface area (Å²) in [4.78, 5) is 2.26. The fraction of sp³-hybridized carbons (Fsp3) is 1.00. The van der Waals surface area contributed by atoms with E-state index in [1.54, 1.807) is 14.1 Å². The highest BCUT2D eigenvalue weighted by atomic mass is 79.9. The second-order valence-electron chi connectivity index (χ2n) is 3.72. The predicted molar refractivity (Wildman–Crippen MR) is 64.4 cm³/mol. The van der Waals surface area contributed by atoms with E-state index >= 15 is 0 Å². The molecular weight excluding hydrogens is 282 g/mol. The molecule has 0 N–H and O–H groups in total. The van der Waals surface area contributed by atoms with Crippen molar-refractivity contribution in [2.75, 3.05) is 52.1 Å². The maximum Gasteiger partial charge on any atom is 0.281 e. The van der Waals surface area contributed by atoms with Gasteiger partial charge in [-0.15, -0.1) is 0 Å². The van der Waals surface area contributed by atoms with E-state index < -0.39 is 10.2 Å². The fourth-order valence-electron chi connectivity index (χ4n) is 1.53. The van der Waals surface area contributed by atoms with Gasteiger partial charge in [-0.25, -0.2) is 0 Å². The van der Waals surface area contributed by atoms with Gasteiger partial charge in [0.25, 0.3) is 10.2 Å². The normalized spacial score (nSPS) is 21.1. The van der Waals surface area contributed by atoms with Gasteiger partial charge >= 0.3 is 0 Å². The average molecular weight is 300 g/mol. The summed E-state index contributed by atoms with van der Waals surface area (Å²) in [7, 11) is -0.0708. The first-order chi connectivity index (χ1) is 6.98. The van der Waals surface area contributed by atoms with Crippen LogP contribution in [0.25, 0.3) is 0 Å².